The molecule has 1 aromatic heterocycles. The fourth-order valence-corrected chi connectivity index (χ4v) is 3.20. The zero-order valence-electron chi connectivity index (χ0n) is 13.8. The molecule has 0 aliphatic rings. The van der Waals surface area contributed by atoms with Crippen LogP contribution in [0.25, 0.3) is 0 Å². The van der Waals surface area contributed by atoms with E-state index in [-0.39, 0.29) is 16.5 Å². The third-order valence-corrected chi connectivity index (χ3v) is 4.81. The quantitative estimate of drug-likeness (QED) is 0.815. The highest BCUT2D eigenvalue weighted by Gasteiger charge is 2.21. The van der Waals surface area contributed by atoms with Crippen LogP contribution < -0.4 is 14.8 Å². The van der Waals surface area contributed by atoms with Crippen molar-refractivity contribution in [3.63, 3.8) is 0 Å². The van der Waals surface area contributed by atoms with Crippen LogP contribution in [-0.4, -0.2) is 33.1 Å². The van der Waals surface area contributed by atoms with Gasteiger partial charge in [-0.3, -0.25) is 4.79 Å². The number of nitrogens with one attached hydrogen (secondary N) is 2. The summed E-state index contributed by atoms with van der Waals surface area (Å²) in [5.74, 6) is 0.416. The van der Waals surface area contributed by atoms with E-state index in [1.165, 1.54) is 19.2 Å². The first-order valence-corrected chi connectivity index (χ1v) is 8.59. The summed E-state index contributed by atoms with van der Waals surface area (Å²) in [4.78, 5) is 11.8. The van der Waals surface area contributed by atoms with E-state index >= 15 is 0 Å². The molecule has 130 valence electrons. The Morgan fingerprint density at radius 3 is 2.46 bits per heavy atom. The van der Waals surface area contributed by atoms with E-state index in [2.05, 4.69) is 15.2 Å². The van der Waals surface area contributed by atoms with Crippen LogP contribution in [0.5, 0.6) is 5.75 Å². The number of hydrogen-bond acceptors (Lipinski definition) is 6. The Morgan fingerprint density at radius 1 is 1.21 bits per heavy atom. The topological polar surface area (TPSA) is 111 Å². The van der Waals surface area contributed by atoms with Gasteiger partial charge in [-0.15, -0.1) is 0 Å². The molecule has 2 aromatic rings. The van der Waals surface area contributed by atoms with Gasteiger partial charge in [-0.25, -0.2) is 13.1 Å². The number of aromatic nitrogens is 1. The predicted octanol–water partition coefficient (Wildman–Crippen LogP) is 1.53. The molecule has 24 heavy (non-hydrogen) atoms. The molecule has 0 aliphatic heterocycles. The van der Waals surface area contributed by atoms with Gasteiger partial charge in [0, 0.05) is 6.07 Å². The van der Waals surface area contributed by atoms with Gasteiger partial charge < -0.3 is 14.6 Å². The van der Waals surface area contributed by atoms with Crippen LogP contribution in [0.1, 0.15) is 16.9 Å². The monoisotopic (exact) mass is 353 g/mol. The van der Waals surface area contributed by atoms with E-state index in [0.717, 1.165) is 11.1 Å². The first kappa shape index (κ1) is 18.0. The second-order valence-electron chi connectivity index (χ2n) is 5.28. The predicted molar refractivity (Wildman–Crippen MR) is 87.5 cm³/mol. The molecule has 8 nitrogen and oxygen atoms in total. The Labute approximate surface area is 140 Å². The molecule has 0 bridgehead atoms. The van der Waals surface area contributed by atoms with Crippen molar-refractivity contribution in [1.82, 2.24) is 9.88 Å². The molecule has 0 unspecified atom stereocenters. The van der Waals surface area contributed by atoms with Crippen molar-refractivity contribution in [3.8, 4) is 5.75 Å². The van der Waals surface area contributed by atoms with E-state index in [4.69, 9.17) is 9.26 Å². The minimum absolute atomic E-state index is 0.0156. The fourth-order valence-electron chi connectivity index (χ4n) is 1.98. The van der Waals surface area contributed by atoms with Crippen LogP contribution >= 0.6 is 0 Å². The Morgan fingerprint density at radius 2 is 1.88 bits per heavy atom. The largest absolute Gasteiger partial charge is 0.495 e. The summed E-state index contributed by atoms with van der Waals surface area (Å²) >= 11 is 0. The summed E-state index contributed by atoms with van der Waals surface area (Å²) in [6.07, 6.45) is 0. The highest BCUT2D eigenvalue weighted by molar-refractivity contribution is 7.89. The highest BCUT2D eigenvalue weighted by atomic mass is 32.2. The number of hydrogen-bond donors (Lipinski definition) is 2. The van der Waals surface area contributed by atoms with Crippen LogP contribution in [0, 0.1) is 20.8 Å². The lowest BCUT2D eigenvalue weighted by Crippen LogP contribution is -2.33. The number of aryl methyl sites for hydroxylation is 3. The number of anilines is 1. The number of nitrogens with zero attached hydrogens (tertiary/aromatic N) is 1. The fraction of sp³-hybridized carbons (Fsp3) is 0.333. The van der Waals surface area contributed by atoms with Crippen molar-refractivity contribution < 1.29 is 22.5 Å². The molecule has 0 atom stereocenters. The molecule has 9 heteroatoms. The van der Waals surface area contributed by atoms with Gasteiger partial charge in [-0.05, 0) is 44.0 Å². The summed E-state index contributed by atoms with van der Waals surface area (Å²) in [6, 6.07) is 4.68. The van der Waals surface area contributed by atoms with Crippen LogP contribution in [0.3, 0.4) is 0 Å². The molecule has 0 radical (unpaired) electrons. The maximum Gasteiger partial charge on any atom is 0.244 e. The zero-order valence-corrected chi connectivity index (χ0v) is 14.7. The van der Waals surface area contributed by atoms with E-state index in [1.54, 1.807) is 19.9 Å². The molecule has 0 fully saturated rings. The van der Waals surface area contributed by atoms with Crippen LogP contribution in [0.15, 0.2) is 27.6 Å². The summed E-state index contributed by atoms with van der Waals surface area (Å²) < 4.78 is 37.1. The van der Waals surface area contributed by atoms with Crippen molar-refractivity contribution in [2.24, 2.45) is 0 Å². The molecule has 1 aromatic carbocycles. The molecule has 2 N–H and O–H groups in total. The number of rotatable bonds is 6. The van der Waals surface area contributed by atoms with Gasteiger partial charge >= 0.3 is 0 Å². The standard InChI is InChI=1S/C15H19N3O5S/c1-9-5-12(22-4)13(6-10(9)2)24(20,21)16-8-15(19)17-14-7-11(3)23-18-14/h5-7,16H,8H2,1-4H3,(H,17,18,19). The minimum Gasteiger partial charge on any atom is -0.495 e. The van der Waals surface area contributed by atoms with Crippen molar-refractivity contribution in [3.05, 3.63) is 35.1 Å². The van der Waals surface area contributed by atoms with Crippen LogP contribution in [0.4, 0.5) is 5.82 Å². The summed E-state index contributed by atoms with van der Waals surface area (Å²) in [5, 5.41) is 6.04. The van der Waals surface area contributed by atoms with E-state index in [9.17, 15) is 13.2 Å². The molecule has 0 saturated heterocycles. The molecule has 0 spiro atoms. The summed E-state index contributed by atoms with van der Waals surface area (Å²) in [7, 11) is -2.51. The smallest absolute Gasteiger partial charge is 0.244 e. The van der Waals surface area contributed by atoms with Crippen molar-refractivity contribution in [1.29, 1.82) is 0 Å². The number of sulfonamides is 1. The number of amides is 1. The Balaban J connectivity index is 2.11. The normalized spacial score (nSPS) is 11.3. The summed E-state index contributed by atoms with van der Waals surface area (Å²) in [6.45, 7) is 4.89. The number of ether oxygens (including phenoxy) is 1. The number of methoxy groups -OCH3 is 1. The number of carbonyl (C=O) groups excluding carboxylic acids is 1. The molecule has 2 rings (SSSR count). The second kappa shape index (κ2) is 7.02. The Kier molecular flexibility index (Phi) is 5.25. The Hall–Kier alpha value is -2.39. The third-order valence-electron chi connectivity index (χ3n) is 3.39. The van der Waals surface area contributed by atoms with Gasteiger partial charge in [0.25, 0.3) is 0 Å². The van der Waals surface area contributed by atoms with Gasteiger partial charge in [0.2, 0.25) is 15.9 Å². The van der Waals surface area contributed by atoms with Crippen molar-refractivity contribution >= 4 is 21.7 Å². The van der Waals surface area contributed by atoms with Gasteiger partial charge in [-0.1, -0.05) is 5.16 Å². The number of benzene rings is 1. The van der Waals surface area contributed by atoms with Crippen LogP contribution in [0.2, 0.25) is 0 Å². The lowest BCUT2D eigenvalue weighted by Gasteiger charge is -2.13. The molecule has 0 aliphatic carbocycles. The Bertz CT molecular complexity index is 858. The second-order valence-corrected chi connectivity index (χ2v) is 7.02. The molecule has 1 amide bonds. The lowest BCUT2D eigenvalue weighted by atomic mass is 10.1. The lowest BCUT2D eigenvalue weighted by molar-refractivity contribution is -0.115. The molecular formula is C15H19N3O5S. The van der Waals surface area contributed by atoms with Gasteiger partial charge in [0.1, 0.15) is 16.4 Å². The maximum absolute atomic E-state index is 12.4. The average molecular weight is 353 g/mol. The molecule has 1 heterocycles. The molecular weight excluding hydrogens is 334 g/mol. The van der Waals surface area contributed by atoms with Gasteiger partial charge in [-0.2, -0.15) is 0 Å². The summed E-state index contributed by atoms with van der Waals surface area (Å²) in [5.41, 5.74) is 1.71. The van der Waals surface area contributed by atoms with Gasteiger partial charge in [0.15, 0.2) is 5.82 Å². The number of carbonyl (C=O) groups is 1. The zero-order chi connectivity index (χ0) is 17.9. The third kappa shape index (κ3) is 4.12. The molecule has 0 saturated carbocycles. The first-order chi connectivity index (χ1) is 11.2. The van der Waals surface area contributed by atoms with Crippen molar-refractivity contribution in [2.75, 3.05) is 19.0 Å². The van der Waals surface area contributed by atoms with Crippen LogP contribution in [-0.2, 0) is 14.8 Å². The van der Waals surface area contributed by atoms with E-state index in [0.29, 0.717) is 5.76 Å². The van der Waals surface area contributed by atoms with Gasteiger partial charge in [0.05, 0.1) is 13.7 Å². The van der Waals surface area contributed by atoms with E-state index in [1.807, 2.05) is 6.92 Å². The minimum atomic E-state index is -3.90. The maximum atomic E-state index is 12.4. The first-order valence-electron chi connectivity index (χ1n) is 7.11. The highest BCUT2D eigenvalue weighted by Crippen LogP contribution is 2.27. The average Bonchev–Trinajstić information content (AvgIpc) is 2.92. The van der Waals surface area contributed by atoms with E-state index < -0.39 is 22.5 Å². The van der Waals surface area contributed by atoms with Crippen molar-refractivity contribution in [2.45, 2.75) is 25.7 Å². The SMILES string of the molecule is COc1cc(C)c(C)cc1S(=O)(=O)NCC(=O)Nc1cc(C)on1.